The van der Waals surface area contributed by atoms with Gasteiger partial charge in [-0.15, -0.1) is 0 Å². The van der Waals surface area contributed by atoms with Gasteiger partial charge in [0.2, 0.25) is 11.9 Å². The van der Waals surface area contributed by atoms with Gasteiger partial charge in [0.25, 0.3) is 0 Å². The molecule has 1 aromatic heterocycles. The summed E-state index contributed by atoms with van der Waals surface area (Å²) < 4.78 is 0. The lowest BCUT2D eigenvalue weighted by Crippen LogP contribution is -2.39. The quantitative estimate of drug-likeness (QED) is 0.521. The van der Waals surface area contributed by atoms with E-state index in [9.17, 15) is 4.79 Å². The van der Waals surface area contributed by atoms with Crippen molar-refractivity contribution in [1.82, 2.24) is 14.9 Å². The molecule has 1 fully saturated rings. The Morgan fingerprint density at radius 1 is 1.50 bits per heavy atom. The molecule has 1 aliphatic heterocycles. The fourth-order valence-electron chi connectivity index (χ4n) is 2.00. The van der Waals surface area contributed by atoms with Gasteiger partial charge in [-0.25, -0.2) is 10.8 Å². The van der Waals surface area contributed by atoms with Gasteiger partial charge in [0.05, 0.1) is 0 Å². The molecule has 7 nitrogen and oxygen atoms in total. The van der Waals surface area contributed by atoms with Crippen molar-refractivity contribution in [2.45, 2.75) is 25.8 Å². The zero-order chi connectivity index (χ0) is 13.0. The molecule has 0 aliphatic carbocycles. The third kappa shape index (κ3) is 2.86. The summed E-state index contributed by atoms with van der Waals surface area (Å²) in [6.07, 6.45) is 3.76. The Kier molecular flexibility index (Phi) is 3.93. The topological polar surface area (TPSA) is 96.2 Å². The van der Waals surface area contributed by atoms with E-state index in [-0.39, 0.29) is 11.9 Å². The van der Waals surface area contributed by atoms with Crippen LogP contribution in [0.5, 0.6) is 0 Å². The van der Waals surface area contributed by atoms with Crippen molar-refractivity contribution in [3.63, 3.8) is 0 Å². The van der Waals surface area contributed by atoms with Crippen molar-refractivity contribution in [3.05, 3.63) is 12.3 Å². The van der Waals surface area contributed by atoms with Crippen molar-refractivity contribution in [1.29, 1.82) is 0 Å². The largest absolute Gasteiger partial charge is 0.358 e. The number of carbonyl (C=O) groups excluding carboxylic acids is 1. The highest BCUT2D eigenvalue weighted by Gasteiger charge is 2.23. The van der Waals surface area contributed by atoms with Crippen molar-refractivity contribution in [2.75, 3.05) is 23.8 Å². The molecule has 0 bridgehead atoms. The summed E-state index contributed by atoms with van der Waals surface area (Å²) in [6.45, 7) is 3.53. The van der Waals surface area contributed by atoms with Crippen LogP contribution in [0.15, 0.2) is 12.3 Å². The molecule has 1 saturated heterocycles. The maximum atomic E-state index is 12.1. The minimum absolute atomic E-state index is 0.105. The minimum atomic E-state index is -0.302. The highest BCUT2D eigenvalue weighted by Crippen LogP contribution is 2.12. The van der Waals surface area contributed by atoms with Gasteiger partial charge in [0, 0.05) is 19.3 Å². The van der Waals surface area contributed by atoms with E-state index >= 15 is 0 Å². The van der Waals surface area contributed by atoms with E-state index in [1.807, 2.05) is 11.8 Å². The predicted octanol–water partition coefficient (Wildman–Crippen LogP) is 0.185. The van der Waals surface area contributed by atoms with Crippen LogP contribution in [0.1, 0.15) is 19.8 Å². The number of carbonyl (C=O) groups is 1. The molecule has 98 valence electrons. The molecule has 4 N–H and O–H groups in total. The average molecular weight is 250 g/mol. The number of nitrogens with zero attached hydrogens (tertiary/aromatic N) is 3. The number of nitrogens with one attached hydrogen (secondary N) is 2. The highest BCUT2D eigenvalue weighted by molar-refractivity contribution is 5.84. The molecule has 0 radical (unpaired) electrons. The number of hydrazine groups is 1. The van der Waals surface area contributed by atoms with Crippen LogP contribution in [0, 0.1) is 0 Å². The number of rotatable bonds is 4. The number of likely N-dealkylation sites (tertiary alicyclic amines) is 1. The smallest absolute Gasteiger partial charge is 0.244 e. The van der Waals surface area contributed by atoms with Crippen LogP contribution in [-0.2, 0) is 4.79 Å². The average Bonchev–Trinajstić information content (AvgIpc) is 2.92. The molecule has 1 amide bonds. The fourth-order valence-corrected chi connectivity index (χ4v) is 2.00. The molecule has 2 heterocycles. The van der Waals surface area contributed by atoms with Crippen LogP contribution in [-0.4, -0.2) is 39.9 Å². The Balaban J connectivity index is 1.97. The molecule has 2 rings (SSSR count). The summed E-state index contributed by atoms with van der Waals surface area (Å²) in [6, 6.07) is 1.40. The number of nitrogens with two attached hydrogens (primary N) is 1. The Morgan fingerprint density at radius 3 is 2.89 bits per heavy atom. The van der Waals surface area contributed by atoms with Gasteiger partial charge in [-0.3, -0.25) is 10.2 Å². The zero-order valence-corrected chi connectivity index (χ0v) is 10.4. The van der Waals surface area contributed by atoms with Crippen LogP contribution in [0.3, 0.4) is 0 Å². The van der Waals surface area contributed by atoms with E-state index in [2.05, 4.69) is 20.7 Å². The lowest BCUT2D eigenvalue weighted by atomic mass is 10.3. The summed E-state index contributed by atoms with van der Waals surface area (Å²) >= 11 is 0. The SMILES string of the molecule is CC(Nc1ccnc(NN)n1)C(=O)N1CCCC1. The molecule has 1 aliphatic rings. The maximum absolute atomic E-state index is 12.1. The van der Waals surface area contributed by atoms with E-state index in [0.29, 0.717) is 11.8 Å². The van der Waals surface area contributed by atoms with Gasteiger partial charge in [0.15, 0.2) is 0 Å². The molecule has 1 aromatic rings. The number of hydrogen-bond donors (Lipinski definition) is 3. The summed E-state index contributed by atoms with van der Waals surface area (Å²) in [7, 11) is 0. The third-order valence-electron chi connectivity index (χ3n) is 2.94. The summed E-state index contributed by atoms with van der Waals surface area (Å²) in [5.41, 5.74) is 2.37. The van der Waals surface area contributed by atoms with Gasteiger partial charge < -0.3 is 10.2 Å². The van der Waals surface area contributed by atoms with E-state index in [1.165, 1.54) is 0 Å². The summed E-state index contributed by atoms with van der Waals surface area (Å²) in [5.74, 6) is 6.24. The second-order valence-corrected chi connectivity index (χ2v) is 4.31. The van der Waals surface area contributed by atoms with Gasteiger partial charge in [0.1, 0.15) is 11.9 Å². The molecule has 1 unspecified atom stereocenters. The van der Waals surface area contributed by atoms with E-state index in [1.54, 1.807) is 12.3 Å². The van der Waals surface area contributed by atoms with Crippen molar-refractivity contribution in [3.8, 4) is 0 Å². The molecule has 18 heavy (non-hydrogen) atoms. The monoisotopic (exact) mass is 250 g/mol. The molecule has 0 aromatic carbocycles. The Hall–Kier alpha value is -1.89. The van der Waals surface area contributed by atoms with Crippen molar-refractivity contribution < 1.29 is 4.79 Å². The molecular formula is C11H18N6O. The zero-order valence-electron chi connectivity index (χ0n) is 10.4. The van der Waals surface area contributed by atoms with Crippen LogP contribution < -0.4 is 16.6 Å². The maximum Gasteiger partial charge on any atom is 0.244 e. The molecular weight excluding hydrogens is 232 g/mol. The first-order valence-electron chi connectivity index (χ1n) is 6.05. The molecule has 7 heteroatoms. The third-order valence-corrected chi connectivity index (χ3v) is 2.94. The van der Waals surface area contributed by atoms with Crippen LogP contribution in [0.4, 0.5) is 11.8 Å². The predicted molar refractivity (Wildman–Crippen MR) is 68.7 cm³/mol. The highest BCUT2D eigenvalue weighted by atomic mass is 16.2. The first-order chi connectivity index (χ1) is 8.70. The molecule has 1 atom stereocenters. The standard InChI is InChI=1S/C11H18N6O/c1-8(10(18)17-6-2-3-7-17)14-9-4-5-13-11(15-9)16-12/h4-5,8H,2-3,6-7,12H2,1H3,(H2,13,14,15,16). The second kappa shape index (κ2) is 5.63. The van der Waals surface area contributed by atoms with E-state index < -0.39 is 0 Å². The Labute approximate surface area is 106 Å². The summed E-state index contributed by atoms with van der Waals surface area (Å²) in [4.78, 5) is 22.0. The van der Waals surface area contributed by atoms with Gasteiger partial charge >= 0.3 is 0 Å². The van der Waals surface area contributed by atoms with Crippen molar-refractivity contribution in [2.24, 2.45) is 5.84 Å². The molecule has 0 saturated carbocycles. The van der Waals surface area contributed by atoms with E-state index in [0.717, 1.165) is 25.9 Å². The lowest BCUT2D eigenvalue weighted by molar-refractivity contribution is -0.130. The van der Waals surface area contributed by atoms with Gasteiger partial charge in [-0.1, -0.05) is 0 Å². The van der Waals surface area contributed by atoms with Gasteiger partial charge in [-0.2, -0.15) is 4.98 Å². The number of nitrogen functional groups attached to an aromatic ring is 1. The summed E-state index contributed by atoms with van der Waals surface area (Å²) in [5, 5.41) is 3.06. The number of aromatic nitrogens is 2. The van der Waals surface area contributed by atoms with Crippen LogP contribution in [0.25, 0.3) is 0 Å². The Bertz CT molecular complexity index is 418. The number of amides is 1. The normalized spacial score (nSPS) is 16.4. The first kappa shape index (κ1) is 12.6. The number of hydrogen-bond acceptors (Lipinski definition) is 6. The lowest BCUT2D eigenvalue weighted by Gasteiger charge is -2.21. The minimum Gasteiger partial charge on any atom is -0.358 e. The van der Waals surface area contributed by atoms with E-state index in [4.69, 9.17) is 5.84 Å². The van der Waals surface area contributed by atoms with Crippen molar-refractivity contribution >= 4 is 17.7 Å². The first-order valence-corrected chi connectivity index (χ1v) is 6.05. The van der Waals surface area contributed by atoms with Crippen LogP contribution in [0.2, 0.25) is 0 Å². The second-order valence-electron chi connectivity index (χ2n) is 4.31. The Morgan fingerprint density at radius 2 is 2.22 bits per heavy atom. The van der Waals surface area contributed by atoms with Crippen LogP contribution >= 0.6 is 0 Å². The van der Waals surface area contributed by atoms with Gasteiger partial charge in [-0.05, 0) is 25.8 Å². The fraction of sp³-hybridized carbons (Fsp3) is 0.545. The molecule has 0 spiro atoms. The number of anilines is 2.